The molecule has 2 heterocycles. The molecule has 1 aromatic carbocycles. The Balaban J connectivity index is 1.78. The van der Waals surface area contributed by atoms with E-state index < -0.39 is 0 Å². The molecule has 0 unspecified atom stereocenters. The van der Waals surface area contributed by atoms with Gasteiger partial charge in [0.05, 0.1) is 16.6 Å². The van der Waals surface area contributed by atoms with E-state index in [4.69, 9.17) is 5.26 Å². The summed E-state index contributed by atoms with van der Waals surface area (Å²) >= 11 is 1.36. The molecule has 0 bridgehead atoms. The molecule has 1 saturated carbocycles. The van der Waals surface area contributed by atoms with E-state index in [9.17, 15) is 4.79 Å². The van der Waals surface area contributed by atoms with Crippen LogP contribution in [0.15, 0.2) is 41.8 Å². The summed E-state index contributed by atoms with van der Waals surface area (Å²) in [5, 5.41) is 15.2. The SMILES string of the molecule is N#Cc1ccsc1NC(=O)c1cc(C2CC2)nc2ccccc12. The Kier molecular flexibility index (Phi) is 3.32. The van der Waals surface area contributed by atoms with Crippen LogP contribution in [0.25, 0.3) is 10.9 Å². The van der Waals surface area contributed by atoms with Gasteiger partial charge in [0, 0.05) is 17.0 Å². The highest BCUT2D eigenvalue weighted by atomic mass is 32.1. The molecule has 4 rings (SSSR count). The number of hydrogen-bond donors (Lipinski definition) is 1. The molecule has 4 nitrogen and oxygen atoms in total. The molecule has 0 spiro atoms. The summed E-state index contributed by atoms with van der Waals surface area (Å²) in [7, 11) is 0. The average molecular weight is 319 g/mol. The van der Waals surface area contributed by atoms with Gasteiger partial charge in [-0.05, 0) is 36.4 Å². The summed E-state index contributed by atoms with van der Waals surface area (Å²) in [6, 6.07) is 13.4. The van der Waals surface area contributed by atoms with Crippen LogP contribution < -0.4 is 5.32 Å². The van der Waals surface area contributed by atoms with Crippen LogP contribution in [-0.4, -0.2) is 10.9 Å². The van der Waals surface area contributed by atoms with Crippen LogP contribution in [0.1, 0.15) is 40.4 Å². The van der Waals surface area contributed by atoms with E-state index in [-0.39, 0.29) is 5.91 Å². The predicted molar refractivity (Wildman–Crippen MR) is 90.7 cm³/mol. The Morgan fingerprint density at radius 1 is 1.30 bits per heavy atom. The van der Waals surface area contributed by atoms with Gasteiger partial charge >= 0.3 is 0 Å². The largest absolute Gasteiger partial charge is 0.312 e. The highest BCUT2D eigenvalue weighted by Gasteiger charge is 2.27. The van der Waals surface area contributed by atoms with Gasteiger partial charge in [-0.15, -0.1) is 11.3 Å². The summed E-state index contributed by atoms with van der Waals surface area (Å²) in [6.45, 7) is 0. The predicted octanol–water partition coefficient (Wildman–Crippen LogP) is 4.30. The minimum atomic E-state index is -0.190. The van der Waals surface area contributed by atoms with Crippen molar-refractivity contribution in [2.45, 2.75) is 18.8 Å². The highest BCUT2D eigenvalue weighted by molar-refractivity contribution is 7.14. The quantitative estimate of drug-likeness (QED) is 0.783. The number of nitriles is 1. The lowest BCUT2D eigenvalue weighted by molar-refractivity contribution is 0.102. The van der Waals surface area contributed by atoms with Crippen molar-refractivity contribution in [2.75, 3.05) is 5.32 Å². The van der Waals surface area contributed by atoms with Crippen molar-refractivity contribution in [1.29, 1.82) is 5.26 Å². The molecule has 5 heteroatoms. The molecular formula is C18H13N3OS. The first-order valence-corrected chi connectivity index (χ1v) is 8.33. The van der Waals surface area contributed by atoms with Crippen LogP contribution in [0.5, 0.6) is 0 Å². The molecular weight excluding hydrogens is 306 g/mol. The lowest BCUT2D eigenvalue weighted by Gasteiger charge is -2.09. The smallest absolute Gasteiger partial charge is 0.257 e. The normalized spacial score (nSPS) is 13.7. The van der Waals surface area contributed by atoms with E-state index >= 15 is 0 Å². The molecule has 1 amide bonds. The van der Waals surface area contributed by atoms with E-state index in [2.05, 4.69) is 16.4 Å². The fourth-order valence-corrected chi connectivity index (χ4v) is 3.37. The van der Waals surface area contributed by atoms with E-state index in [0.717, 1.165) is 29.4 Å². The Bertz CT molecular complexity index is 950. The topological polar surface area (TPSA) is 65.8 Å². The lowest BCUT2D eigenvalue weighted by Crippen LogP contribution is -2.13. The molecule has 1 fully saturated rings. The molecule has 2 aromatic heterocycles. The molecule has 1 aliphatic carbocycles. The van der Waals surface area contributed by atoms with E-state index in [1.807, 2.05) is 30.3 Å². The van der Waals surface area contributed by atoms with Gasteiger partial charge < -0.3 is 5.32 Å². The second-order valence-corrected chi connectivity index (χ2v) is 6.53. The number of hydrogen-bond acceptors (Lipinski definition) is 4. The highest BCUT2D eigenvalue weighted by Crippen LogP contribution is 2.40. The van der Waals surface area contributed by atoms with Crippen molar-refractivity contribution >= 4 is 33.1 Å². The third-order valence-corrected chi connectivity index (χ3v) is 4.82. The fraction of sp³-hybridized carbons (Fsp3) is 0.167. The number of carbonyl (C=O) groups is 1. The van der Waals surface area contributed by atoms with Gasteiger partial charge in [0.25, 0.3) is 5.91 Å². The van der Waals surface area contributed by atoms with Gasteiger partial charge in [-0.3, -0.25) is 9.78 Å². The first-order valence-electron chi connectivity index (χ1n) is 7.45. The van der Waals surface area contributed by atoms with Crippen LogP contribution >= 0.6 is 11.3 Å². The lowest BCUT2D eigenvalue weighted by atomic mass is 10.1. The number of amides is 1. The zero-order valence-corrected chi connectivity index (χ0v) is 13.1. The van der Waals surface area contributed by atoms with Gasteiger partial charge in [0.15, 0.2) is 0 Å². The van der Waals surface area contributed by atoms with Crippen molar-refractivity contribution in [3.05, 3.63) is 58.6 Å². The molecule has 3 aromatic rings. The Hall–Kier alpha value is -2.71. The van der Waals surface area contributed by atoms with Crippen LogP contribution in [0.3, 0.4) is 0 Å². The van der Waals surface area contributed by atoms with E-state index in [1.54, 1.807) is 11.4 Å². The van der Waals surface area contributed by atoms with Crippen molar-refractivity contribution in [2.24, 2.45) is 0 Å². The summed E-state index contributed by atoms with van der Waals surface area (Å²) in [6.07, 6.45) is 2.27. The standard InChI is InChI=1S/C18H13N3OS/c19-10-12-7-8-23-18(12)21-17(22)14-9-16(11-5-6-11)20-15-4-2-1-3-13(14)15/h1-4,7-9,11H,5-6H2,(H,21,22). The van der Waals surface area contributed by atoms with Gasteiger partial charge in [-0.25, -0.2) is 0 Å². The van der Waals surface area contributed by atoms with Gasteiger partial charge in [-0.2, -0.15) is 5.26 Å². The average Bonchev–Trinajstić information content (AvgIpc) is 3.34. The van der Waals surface area contributed by atoms with Crippen LogP contribution in [0, 0.1) is 11.3 Å². The first kappa shape index (κ1) is 13.9. The number of fused-ring (bicyclic) bond motifs is 1. The Labute approximate surface area is 137 Å². The minimum absolute atomic E-state index is 0.190. The molecule has 0 saturated heterocycles. The summed E-state index contributed by atoms with van der Waals surface area (Å²) in [5.74, 6) is 0.284. The molecule has 23 heavy (non-hydrogen) atoms. The number of carbonyl (C=O) groups excluding carboxylic acids is 1. The van der Waals surface area contributed by atoms with Crippen LogP contribution in [0.2, 0.25) is 0 Å². The maximum atomic E-state index is 12.7. The number of nitrogens with one attached hydrogen (secondary N) is 1. The van der Waals surface area contributed by atoms with Crippen LogP contribution in [0.4, 0.5) is 5.00 Å². The van der Waals surface area contributed by atoms with Crippen molar-refractivity contribution in [3.63, 3.8) is 0 Å². The number of benzene rings is 1. The second kappa shape index (κ2) is 5.49. The fourth-order valence-electron chi connectivity index (χ4n) is 2.64. The number of thiophene rings is 1. The Morgan fingerprint density at radius 3 is 2.91 bits per heavy atom. The van der Waals surface area contributed by atoms with Crippen molar-refractivity contribution < 1.29 is 4.79 Å². The molecule has 0 aliphatic heterocycles. The second-order valence-electron chi connectivity index (χ2n) is 5.62. The maximum Gasteiger partial charge on any atom is 0.257 e. The zero-order valence-electron chi connectivity index (χ0n) is 12.2. The minimum Gasteiger partial charge on any atom is -0.312 e. The number of rotatable bonds is 3. The number of para-hydroxylation sites is 1. The molecule has 0 radical (unpaired) electrons. The van der Waals surface area contributed by atoms with Gasteiger partial charge in [0.2, 0.25) is 0 Å². The third kappa shape index (κ3) is 2.58. The van der Waals surface area contributed by atoms with Gasteiger partial charge in [-0.1, -0.05) is 18.2 Å². The third-order valence-electron chi connectivity index (χ3n) is 3.99. The summed E-state index contributed by atoms with van der Waals surface area (Å²) in [4.78, 5) is 17.4. The number of anilines is 1. The monoisotopic (exact) mass is 319 g/mol. The summed E-state index contributed by atoms with van der Waals surface area (Å²) < 4.78 is 0. The van der Waals surface area contributed by atoms with Crippen LogP contribution in [-0.2, 0) is 0 Å². The zero-order chi connectivity index (χ0) is 15.8. The molecule has 112 valence electrons. The number of pyridine rings is 1. The first-order chi connectivity index (χ1) is 11.3. The summed E-state index contributed by atoms with van der Waals surface area (Å²) in [5.41, 5.74) is 2.94. The maximum absolute atomic E-state index is 12.7. The van der Waals surface area contributed by atoms with Gasteiger partial charge in [0.1, 0.15) is 11.1 Å². The molecule has 0 atom stereocenters. The van der Waals surface area contributed by atoms with Crippen molar-refractivity contribution in [1.82, 2.24) is 4.98 Å². The number of nitrogens with zero attached hydrogens (tertiary/aromatic N) is 2. The Morgan fingerprint density at radius 2 is 2.13 bits per heavy atom. The van der Waals surface area contributed by atoms with Crippen molar-refractivity contribution in [3.8, 4) is 6.07 Å². The van der Waals surface area contributed by atoms with E-state index in [1.165, 1.54) is 11.3 Å². The van der Waals surface area contributed by atoms with E-state index in [0.29, 0.717) is 22.0 Å². The number of aromatic nitrogens is 1. The molecule has 1 aliphatic rings. The molecule has 1 N–H and O–H groups in total.